The van der Waals surface area contributed by atoms with Gasteiger partial charge in [-0.25, -0.2) is 4.79 Å². The summed E-state index contributed by atoms with van der Waals surface area (Å²) in [4.78, 5) is 36.5. The van der Waals surface area contributed by atoms with Gasteiger partial charge in [0.15, 0.2) is 0 Å². The molecule has 0 saturated carbocycles. The molecule has 5 nitrogen and oxygen atoms in total. The van der Waals surface area contributed by atoms with Gasteiger partial charge in [-0.1, -0.05) is 31.9 Å². The van der Waals surface area contributed by atoms with Crippen molar-refractivity contribution < 1.29 is 14.4 Å². The molecule has 1 heterocycles. The number of nitrogens with zero attached hydrogens (tertiary/aromatic N) is 1. The van der Waals surface area contributed by atoms with Crippen LogP contribution in [0.4, 0.5) is 4.79 Å². The van der Waals surface area contributed by atoms with Gasteiger partial charge in [0, 0.05) is 7.05 Å². The van der Waals surface area contributed by atoms with Gasteiger partial charge in [-0.3, -0.25) is 19.8 Å². The highest BCUT2D eigenvalue weighted by molar-refractivity contribution is 6.20. The molecule has 17 heavy (non-hydrogen) atoms. The van der Waals surface area contributed by atoms with Crippen LogP contribution in [0.1, 0.15) is 33.1 Å². The van der Waals surface area contributed by atoms with Gasteiger partial charge in [-0.15, -0.1) is 0 Å². The number of amides is 4. The van der Waals surface area contributed by atoms with E-state index < -0.39 is 23.3 Å². The van der Waals surface area contributed by atoms with Crippen molar-refractivity contribution in [3.05, 3.63) is 12.2 Å². The molecule has 1 atom stereocenters. The van der Waals surface area contributed by atoms with Gasteiger partial charge in [-0.05, 0) is 13.3 Å². The zero-order valence-electron chi connectivity index (χ0n) is 10.5. The first-order valence-corrected chi connectivity index (χ1v) is 5.67. The summed E-state index contributed by atoms with van der Waals surface area (Å²) in [5.74, 6) is -1.03. The molecule has 5 heteroatoms. The number of hydrogen-bond donors (Lipinski definition) is 1. The van der Waals surface area contributed by atoms with E-state index in [-0.39, 0.29) is 0 Å². The van der Waals surface area contributed by atoms with Gasteiger partial charge in [0.1, 0.15) is 5.41 Å². The Morgan fingerprint density at radius 2 is 2.00 bits per heavy atom. The summed E-state index contributed by atoms with van der Waals surface area (Å²) in [6, 6.07) is -0.673. The summed E-state index contributed by atoms with van der Waals surface area (Å²) >= 11 is 0. The van der Waals surface area contributed by atoms with Crippen molar-refractivity contribution >= 4 is 17.8 Å². The molecule has 1 rings (SSSR count). The van der Waals surface area contributed by atoms with Gasteiger partial charge >= 0.3 is 6.03 Å². The zero-order chi connectivity index (χ0) is 13.2. The van der Waals surface area contributed by atoms with Gasteiger partial charge < -0.3 is 0 Å². The normalized spacial score (nSPS) is 24.9. The number of hydrogen-bond acceptors (Lipinski definition) is 3. The molecular weight excluding hydrogens is 220 g/mol. The second-order valence-electron chi connectivity index (χ2n) is 4.41. The molecule has 4 amide bonds. The van der Waals surface area contributed by atoms with E-state index in [9.17, 15) is 14.4 Å². The second kappa shape index (κ2) is 4.69. The maximum absolute atomic E-state index is 12.2. The molecule has 0 aromatic carbocycles. The summed E-state index contributed by atoms with van der Waals surface area (Å²) in [6.07, 6.45) is 1.99. The first kappa shape index (κ1) is 13.4. The predicted octanol–water partition coefficient (Wildman–Crippen LogP) is 1.45. The third-order valence-electron chi connectivity index (χ3n) is 3.22. The Kier molecular flexibility index (Phi) is 3.70. The Morgan fingerprint density at radius 1 is 1.41 bits per heavy atom. The van der Waals surface area contributed by atoms with E-state index in [1.807, 2.05) is 6.92 Å². The van der Waals surface area contributed by atoms with Crippen LogP contribution in [0, 0.1) is 5.41 Å². The third kappa shape index (κ3) is 1.97. The van der Waals surface area contributed by atoms with Crippen LogP contribution in [0.15, 0.2) is 12.2 Å². The largest absolute Gasteiger partial charge is 0.330 e. The predicted molar refractivity (Wildman–Crippen MR) is 63.1 cm³/mol. The summed E-state index contributed by atoms with van der Waals surface area (Å²) in [7, 11) is 1.37. The maximum Gasteiger partial charge on any atom is 0.330 e. The highest BCUT2D eigenvalue weighted by atomic mass is 16.2. The standard InChI is InChI=1S/C12H18N2O3/c1-5-6-7-12(8(2)3)9(15)13-11(17)14(4)10(12)16/h2,5-7H2,1,3-4H3,(H,13,15,17)/t12-/m1/s1. The van der Waals surface area contributed by atoms with Crippen molar-refractivity contribution in [3.63, 3.8) is 0 Å². The van der Waals surface area contributed by atoms with Gasteiger partial charge in [0.05, 0.1) is 0 Å². The smallest absolute Gasteiger partial charge is 0.276 e. The molecular formula is C12H18N2O3. The second-order valence-corrected chi connectivity index (χ2v) is 4.41. The van der Waals surface area contributed by atoms with Gasteiger partial charge in [0.25, 0.3) is 0 Å². The minimum atomic E-state index is -1.28. The van der Waals surface area contributed by atoms with Crippen LogP contribution in [0.5, 0.6) is 0 Å². The first-order chi connectivity index (χ1) is 7.87. The fraction of sp³-hybridized carbons (Fsp3) is 0.583. The van der Waals surface area contributed by atoms with E-state index in [0.29, 0.717) is 12.0 Å². The van der Waals surface area contributed by atoms with Crippen LogP contribution < -0.4 is 5.32 Å². The SMILES string of the molecule is C=C(C)[C@]1(CCCC)C(=O)NC(=O)N(C)C1=O. The number of imide groups is 2. The van der Waals surface area contributed by atoms with Crippen molar-refractivity contribution in [3.8, 4) is 0 Å². The Bertz CT molecular complexity index is 389. The molecule has 1 saturated heterocycles. The van der Waals surface area contributed by atoms with E-state index in [4.69, 9.17) is 0 Å². The molecule has 0 aromatic rings. The minimum Gasteiger partial charge on any atom is -0.276 e. The lowest BCUT2D eigenvalue weighted by Gasteiger charge is -2.38. The molecule has 0 unspecified atom stereocenters. The van der Waals surface area contributed by atoms with Crippen LogP contribution in [-0.2, 0) is 9.59 Å². The van der Waals surface area contributed by atoms with E-state index in [1.165, 1.54) is 7.05 Å². The van der Waals surface area contributed by atoms with Crippen molar-refractivity contribution in [2.24, 2.45) is 5.41 Å². The lowest BCUT2D eigenvalue weighted by atomic mass is 9.74. The number of nitrogens with one attached hydrogen (secondary N) is 1. The number of carbonyl (C=O) groups excluding carboxylic acids is 3. The number of barbiturate groups is 1. The molecule has 0 bridgehead atoms. The topological polar surface area (TPSA) is 66.5 Å². The van der Waals surface area contributed by atoms with Crippen LogP contribution in [-0.4, -0.2) is 29.8 Å². The molecule has 94 valence electrons. The van der Waals surface area contributed by atoms with Gasteiger partial charge in [-0.2, -0.15) is 0 Å². The fourth-order valence-corrected chi connectivity index (χ4v) is 2.02. The Hall–Kier alpha value is -1.65. The lowest BCUT2D eigenvalue weighted by Crippen LogP contribution is -2.63. The van der Waals surface area contributed by atoms with Crippen LogP contribution in [0.2, 0.25) is 0 Å². The molecule has 0 aliphatic carbocycles. The molecule has 1 fully saturated rings. The Labute approximate surface area is 101 Å². The lowest BCUT2D eigenvalue weighted by molar-refractivity contribution is -0.148. The highest BCUT2D eigenvalue weighted by Gasteiger charge is 2.52. The first-order valence-electron chi connectivity index (χ1n) is 5.67. The number of urea groups is 1. The van der Waals surface area contributed by atoms with Crippen molar-refractivity contribution in [1.29, 1.82) is 0 Å². The van der Waals surface area contributed by atoms with Crippen LogP contribution in [0.25, 0.3) is 0 Å². The molecule has 0 spiro atoms. The highest BCUT2D eigenvalue weighted by Crippen LogP contribution is 2.36. The average Bonchev–Trinajstić information content (AvgIpc) is 2.26. The summed E-state index contributed by atoms with van der Waals surface area (Å²) in [5, 5.41) is 2.21. The molecule has 1 N–H and O–H groups in total. The fourth-order valence-electron chi connectivity index (χ4n) is 2.02. The monoisotopic (exact) mass is 238 g/mol. The van der Waals surface area contributed by atoms with Crippen LogP contribution in [0.3, 0.4) is 0 Å². The number of carbonyl (C=O) groups is 3. The van der Waals surface area contributed by atoms with E-state index in [0.717, 1.165) is 17.7 Å². The number of unbranched alkanes of at least 4 members (excludes halogenated alkanes) is 1. The van der Waals surface area contributed by atoms with Gasteiger partial charge in [0.2, 0.25) is 11.8 Å². The molecule has 1 aliphatic rings. The Balaban J connectivity index is 3.18. The minimum absolute atomic E-state index is 0.390. The zero-order valence-corrected chi connectivity index (χ0v) is 10.5. The van der Waals surface area contributed by atoms with Crippen LogP contribution >= 0.6 is 0 Å². The molecule has 0 radical (unpaired) electrons. The summed E-state index contributed by atoms with van der Waals surface area (Å²) in [5.41, 5.74) is -0.800. The van der Waals surface area contributed by atoms with Crippen molar-refractivity contribution in [1.82, 2.24) is 10.2 Å². The van der Waals surface area contributed by atoms with Crippen molar-refractivity contribution in [2.45, 2.75) is 33.1 Å². The Morgan fingerprint density at radius 3 is 2.47 bits per heavy atom. The number of rotatable bonds is 4. The molecule has 1 aliphatic heterocycles. The van der Waals surface area contributed by atoms with E-state index >= 15 is 0 Å². The summed E-state index contributed by atoms with van der Waals surface area (Å²) < 4.78 is 0. The molecule has 0 aromatic heterocycles. The average molecular weight is 238 g/mol. The summed E-state index contributed by atoms with van der Waals surface area (Å²) in [6.45, 7) is 7.37. The van der Waals surface area contributed by atoms with Crippen molar-refractivity contribution in [2.75, 3.05) is 7.05 Å². The third-order valence-corrected chi connectivity index (χ3v) is 3.22. The quantitative estimate of drug-likeness (QED) is 0.595. The van der Waals surface area contributed by atoms with E-state index in [2.05, 4.69) is 11.9 Å². The maximum atomic E-state index is 12.2. The van der Waals surface area contributed by atoms with E-state index in [1.54, 1.807) is 6.92 Å².